The van der Waals surface area contributed by atoms with Crippen LogP contribution in [0.25, 0.3) is 0 Å². The van der Waals surface area contributed by atoms with Crippen molar-refractivity contribution in [2.75, 3.05) is 6.61 Å². The van der Waals surface area contributed by atoms with E-state index < -0.39 is 0 Å². The molecule has 2 rings (SSSR count). The summed E-state index contributed by atoms with van der Waals surface area (Å²) in [7, 11) is 0. The zero-order chi connectivity index (χ0) is 14.2. The monoisotopic (exact) mass is 282 g/mol. The summed E-state index contributed by atoms with van der Waals surface area (Å²) < 4.78 is 11.4. The lowest BCUT2D eigenvalue weighted by Crippen LogP contribution is -2.12. The molecule has 3 atom stereocenters. The fraction of sp³-hybridized carbons (Fsp3) is 0.625. The number of ether oxygens (including phenoxy) is 2. The lowest BCUT2D eigenvalue weighted by molar-refractivity contribution is 0.316. The predicted molar refractivity (Wildman–Crippen MR) is 79.3 cm³/mol. The van der Waals surface area contributed by atoms with E-state index in [1.807, 2.05) is 13.8 Å². The van der Waals surface area contributed by atoms with Crippen LogP contribution < -0.4 is 4.74 Å². The topological polar surface area (TPSA) is 21.8 Å². The fourth-order valence-corrected chi connectivity index (χ4v) is 2.90. The number of hydrogen-bond donors (Lipinski definition) is 0. The molecule has 1 heterocycles. The minimum absolute atomic E-state index is 0.383. The molecule has 106 valence electrons. The molecule has 3 unspecified atom stereocenters. The summed E-state index contributed by atoms with van der Waals surface area (Å²) in [6, 6.07) is 2.05. The SMILES string of the molecule is CCOc1cc(C)c(Cl)c(C)c1CC(C)C1OC1C. The van der Waals surface area contributed by atoms with Gasteiger partial charge in [0, 0.05) is 5.02 Å². The van der Waals surface area contributed by atoms with E-state index in [9.17, 15) is 0 Å². The number of benzene rings is 1. The van der Waals surface area contributed by atoms with Crippen molar-refractivity contribution in [2.45, 2.75) is 53.2 Å². The average molecular weight is 283 g/mol. The van der Waals surface area contributed by atoms with Crippen molar-refractivity contribution in [3.05, 3.63) is 27.8 Å². The molecule has 0 aliphatic carbocycles. The van der Waals surface area contributed by atoms with Gasteiger partial charge in [0.15, 0.2) is 0 Å². The molecule has 1 aromatic rings. The summed E-state index contributed by atoms with van der Waals surface area (Å²) in [6.07, 6.45) is 1.73. The van der Waals surface area contributed by atoms with Gasteiger partial charge in [-0.15, -0.1) is 0 Å². The summed E-state index contributed by atoms with van der Waals surface area (Å²) in [5, 5.41) is 0.857. The Morgan fingerprint density at radius 1 is 1.42 bits per heavy atom. The third-order valence-electron chi connectivity index (χ3n) is 3.92. The molecule has 19 heavy (non-hydrogen) atoms. The zero-order valence-corrected chi connectivity index (χ0v) is 13.2. The van der Waals surface area contributed by atoms with E-state index in [2.05, 4.69) is 26.8 Å². The first-order valence-corrected chi connectivity index (χ1v) is 7.40. The van der Waals surface area contributed by atoms with Gasteiger partial charge in [-0.25, -0.2) is 0 Å². The van der Waals surface area contributed by atoms with Gasteiger partial charge in [-0.1, -0.05) is 18.5 Å². The normalized spacial score (nSPS) is 23.3. The standard InChI is InChI=1S/C16H23ClO2/c1-6-18-14-8-9(2)15(17)11(4)13(14)7-10(3)16-12(5)19-16/h8,10,12,16H,6-7H2,1-5H3. The second-order valence-corrected chi connectivity index (χ2v) is 5.91. The number of aryl methyl sites for hydroxylation is 1. The van der Waals surface area contributed by atoms with Gasteiger partial charge in [0.1, 0.15) is 5.75 Å². The van der Waals surface area contributed by atoms with E-state index in [-0.39, 0.29) is 0 Å². The Labute approximate surface area is 121 Å². The van der Waals surface area contributed by atoms with E-state index in [4.69, 9.17) is 21.1 Å². The van der Waals surface area contributed by atoms with Crippen molar-refractivity contribution in [3.8, 4) is 5.75 Å². The van der Waals surface area contributed by atoms with Crippen LogP contribution in [0.4, 0.5) is 0 Å². The third kappa shape index (κ3) is 3.06. The second-order valence-electron chi connectivity index (χ2n) is 5.53. The van der Waals surface area contributed by atoms with Crippen molar-refractivity contribution in [1.82, 2.24) is 0 Å². The quantitative estimate of drug-likeness (QED) is 0.750. The molecule has 1 aliphatic rings. The molecule has 0 aromatic heterocycles. The van der Waals surface area contributed by atoms with Crippen molar-refractivity contribution in [2.24, 2.45) is 5.92 Å². The van der Waals surface area contributed by atoms with Gasteiger partial charge in [-0.3, -0.25) is 0 Å². The molecule has 0 amide bonds. The Hall–Kier alpha value is -0.730. The van der Waals surface area contributed by atoms with E-state index in [0.29, 0.717) is 24.7 Å². The Morgan fingerprint density at radius 3 is 2.58 bits per heavy atom. The van der Waals surface area contributed by atoms with Gasteiger partial charge < -0.3 is 9.47 Å². The number of hydrogen-bond acceptors (Lipinski definition) is 2. The first kappa shape index (κ1) is 14.7. The minimum atomic E-state index is 0.383. The summed E-state index contributed by atoms with van der Waals surface area (Å²) in [5.41, 5.74) is 3.45. The highest BCUT2D eigenvalue weighted by Gasteiger charge is 2.39. The van der Waals surface area contributed by atoms with E-state index >= 15 is 0 Å². The van der Waals surface area contributed by atoms with Crippen molar-refractivity contribution in [3.63, 3.8) is 0 Å². The smallest absolute Gasteiger partial charge is 0.123 e. The molecule has 3 heteroatoms. The molecular weight excluding hydrogens is 260 g/mol. The van der Waals surface area contributed by atoms with Gasteiger partial charge in [0.25, 0.3) is 0 Å². The summed E-state index contributed by atoms with van der Waals surface area (Å²) >= 11 is 6.38. The molecule has 1 fully saturated rings. The maximum Gasteiger partial charge on any atom is 0.123 e. The molecule has 1 aromatic carbocycles. The number of halogens is 1. The minimum Gasteiger partial charge on any atom is -0.494 e. The molecule has 0 saturated carbocycles. The van der Waals surface area contributed by atoms with Crippen LogP contribution in [-0.2, 0) is 11.2 Å². The van der Waals surface area contributed by atoms with E-state index in [1.54, 1.807) is 0 Å². The highest BCUT2D eigenvalue weighted by Crippen LogP contribution is 2.37. The largest absolute Gasteiger partial charge is 0.494 e. The molecule has 0 spiro atoms. The van der Waals surface area contributed by atoms with Crippen molar-refractivity contribution < 1.29 is 9.47 Å². The van der Waals surface area contributed by atoms with Gasteiger partial charge in [0.05, 0.1) is 18.8 Å². The van der Waals surface area contributed by atoms with Crippen LogP contribution in [0.3, 0.4) is 0 Å². The van der Waals surface area contributed by atoms with Crippen LogP contribution in [0.1, 0.15) is 37.5 Å². The molecule has 2 nitrogen and oxygen atoms in total. The van der Waals surface area contributed by atoms with Crippen molar-refractivity contribution in [1.29, 1.82) is 0 Å². The van der Waals surface area contributed by atoms with E-state index in [0.717, 1.165) is 28.3 Å². The van der Waals surface area contributed by atoms with Gasteiger partial charge >= 0.3 is 0 Å². The third-order valence-corrected chi connectivity index (χ3v) is 4.50. The van der Waals surface area contributed by atoms with Gasteiger partial charge in [-0.2, -0.15) is 0 Å². The van der Waals surface area contributed by atoms with Gasteiger partial charge in [0.2, 0.25) is 0 Å². The Morgan fingerprint density at radius 2 is 2.05 bits per heavy atom. The summed E-state index contributed by atoms with van der Waals surface area (Å²) in [6.45, 7) is 11.2. The van der Waals surface area contributed by atoms with Crippen LogP contribution in [0, 0.1) is 19.8 Å². The van der Waals surface area contributed by atoms with Crippen LogP contribution >= 0.6 is 11.6 Å². The molecule has 0 radical (unpaired) electrons. The maximum absolute atomic E-state index is 6.38. The molecule has 1 saturated heterocycles. The Balaban J connectivity index is 2.28. The van der Waals surface area contributed by atoms with Gasteiger partial charge in [-0.05, 0) is 62.8 Å². The number of epoxide rings is 1. The van der Waals surface area contributed by atoms with E-state index in [1.165, 1.54) is 5.56 Å². The average Bonchev–Trinajstić information content (AvgIpc) is 3.09. The Bertz CT molecular complexity index is 470. The van der Waals surface area contributed by atoms with Crippen LogP contribution in [-0.4, -0.2) is 18.8 Å². The van der Waals surface area contributed by atoms with Crippen molar-refractivity contribution >= 4 is 11.6 Å². The molecular formula is C16H23ClO2. The Kier molecular flexibility index (Phi) is 4.42. The second kappa shape index (κ2) is 5.72. The van der Waals surface area contributed by atoms with Crippen LogP contribution in [0.2, 0.25) is 5.02 Å². The first-order valence-electron chi connectivity index (χ1n) is 7.02. The van der Waals surface area contributed by atoms with Crippen LogP contribution in [0.15, 0.2) is 6.07 Å². The highest BCUT2D eigenvalue weighted by molar-refractivity contribution is 6.32. The molecule has 0 N–H and O–H groups in total. The number of rotatable bonds is 5. The molecule has 1 aliphatic heterocycles. The molecule has 0 bridgehead atoms. The first-order chi connectivity index (χ1) is 8.95. The summed E-state index contributed by atoms with van der Waals surface area (Å²) in [5.74, 6) is 1.47. The lowest BCUT2D eigenvalue weighted by Gasteiger charge is -2.18. The predicted octanol–water partition coefficient (Wildman–Crippen LogP) is 4.32. The lowest BCUT2D eigenvalue weighted by atomic mass is 9.92. The highest BCUT2D eigenvalue weighted by atomic mass is 35.5. The fourth-order valence-electron chi connectivity index (χ4n) is 2.74. The zero-order valence-electron chi connectivity index (χ0n) is 12.4. The van der Waals surface area contributed by atoms with Crippen LogP contribution in [0.5, 0.6) is 5.75 Å². The maximum atomic E-state index is 6.38. The summed E-state index contributed by atoms with van der Waals surface area (Å²) in [4.78, 5) is 0.